The molecule has 2 heterocycles. The minimum atomic E-state index is 0.264. The number of oxazole rings is 1. The third-order valence-corrected chi connectivity index (χ3v) is 3.24. The molecule has 0 atom stereocenters. The van der Waals surface area contributed by atoms with Crippen molar-refractivity contribution < 1.29 is 9.15 Å². The van der Waals surface area contributed by atoms with Gasteiger partial charge in [-0.05, 0) is 31.2 Å². The second-order valence-corrected chi connectivity index (χ2v) is 5.10. The van der Waals surface area contributed by atoms with Crippen LogP contribution in [0.2, 0.25) is 5.02 Å². The zero-order valence-corrected chi connectivity index (χ0v) is 12.5. The van der Waals surface area contributed by atoms with Gasteiger partial charge in [0.25, 0.3) is 0 Å². The van der Waals surface area contributed by atoms with Crippen molar-refractivity contribution in [1.29, 1.82) is 0 Å². The Kier molecular flexibility index (Phi) is 3.66. The third kappa shape index (κ3) is 3.08. The van der Waals surface area contributed by atoms with Crippen LogP contribution in [-0.4, -0.2) is 14.8 Å². The topological polar surface area (TPSA) is 53.1 Å². The average molecular weight is 304 g/mol. The van der Waals surface area contributed by atoms with Crippen molar-refractivity contribution in [2.45, 2.75) is 13.5 Å². The molecule has 0 N–H and O–H groups in total. The predicted octanol–water partition coefficient (Wildman–Crippen LogP) is 3.62. The fourth-order valence-electron chi connectivity index (χ4n) is 2.00. The lowest BCUT2D eigenvalue weighted by Crippen LogP contribution is -1.94. The molecular weight excluding hydrogens is 290 g/mol. The number of hydrogen-bond acceptors (Lipinski definition) is 4. The van der Waals surface area contributed by atoms with Crippen molar-refractivity contribution >= 4 is 11.6 Å². The van der Waals surface area contributed by atoms with Crippen LogP contribution in [-0.2, 0) is 13.7 Å². The van der Waals surface area contributed by atoms with E-state index in [1.165, 1.54) is 0 Å². The maximum atomic E-state index is 5.89. The third-order valence-electron chi connectivity index (χ3n) is 2.99. The highest BCUT2D eigenvalue weighted by molar-refractivity contribution is 6.30. The summed E-state index contributed by atoms with van der Waals surface area (Å²) in [6.07, 6.45) is 3.44. The molecule has 0 saturated carbocycles. The van der Waals surface area contributed by atoms with Crippen molar-refractivity contribution in [2.75, 3.05) is 0 Å². The van der Waals surface area contributed by atoms with Gasteiger partial charge in [-0.15, -0.1) is 0 Å². The van der Waals surface area contributed by atoms with E-state index < -0.39 is 0 Å². The molecule has 3 rings (SSSR count). The van der Waals surface area contributed by atoms with Gasteiger partial charge in [-0.2, -0.15) is 5.10 Å². The molecule has 1 aromatic carbocycles. The first-order valence-electron chi connectivity index (χ1n) is 6.45. The molecule has 108 valence electrons. The van der Waals surface area contributed by atoms with E-state index in [0.29, 0.717) is 16.7 Å². The standard InChI is InChI=1S/C15H14ClN3O2/c1-10-15(11-3-5-12(16)6-4-11)21-14(18-10)9-20-13-7-17-19(2)8-13/h3-8H,9H2,1-2H3. The summed E-state index contributed by atoms with van der Waals surface area (Å²) in [4.78, 5) is 4.38. The first kappa shape index (κ1) is 13.7. The zero-order chi connectivity index (χ0) is 14.8. The molecular formula is C15H14ClN3O2. The van der Waals surface area contributed by atoms with Crippen LogP contribution in [0.5, 0.6) is 5.75 Å². The Bertz CT molecular complexity index is 747. The van der Waals surface area contributed by atoms with Gasteiger partial charge in [-0.1, -0.05) is 11.6 Å². The first-order valence-corrected chi connectivity index (χ1v) is 6.83. The van der Waals surface area contributed by atoms with E-state index in [9.17, 15) is 0 Å². The van der Waals surface area contributed by atoms with Crippen LogP contribution in [0.15, 0.2) is 41.1 Å². The van der Waals surface area contributed by atoms with Crippen LogP contribution in [0.1, 0.15) is 11.6 Å². The molecule has 0 radical (unpaired) electrons. The highest BCUT2D eigenvalue weighted by Gasteiger charge is 2.12. The van der Waals surface area contributed by atoms with Crippen LogP contribution >= 0.6 is 11.6 Å². The molecule has 0 bridgehead atoms. The Hall–Kier alpha value is -2.27. The van der Waals surface area contributed by atoms with Crippen LogP contribution in [0, 0.1) is 6.92 Å². The van der Waals surface area contributed by atoms with Gasteiger partial charge in [-0.3, -0.25) is 4.68 Å². The largest absolute Gasteiger partial charge is 0.481 e. The van der Waals surface area contributed by atoms with Crippen molar-refractivity contribution in [3.8, 4) is 17.1 Å². The molecule has 3 aromatic rings. The second kappa shape index (κ2) is 5.61. The normalized spacial score (nSPS) is 10.8. The quantitative estimate of drug-likeness (QED) is 0.738. The number of halogens is 1. The highest BCUT2D eigenvalue weighted by atomic mass is 35.5. The lowest BCUT2D eigenvalue weighted by atomic mass is 10.1. The Morgan fingerprint density at radius 3 is 2.71 bits per heavy atom. The number of rotatable bonds is 4. The molecule has 0 saturated heterocycles. The SMILES string of the molecule is Cc1nc(COc2cnn(C)c2)oc1-c1ccc(Cl)cc1. The van der Waals surface area contributed by atoms with Crippen molar-refractivity contribution in [1.82, 2.24) is 14.8 Å². The number of hydrogen-bond donors (Lipinski definition) is 0. The van der Waals surface area contributed by atoms with Gasteiger partial charge in [0.05, 0.1) is 18.1 Å². The summed E-state index contributed by atoms with van der Waals surface area (Å²) in [5, 5.41) is 4.73. The van der Waals surface area contributed by atoms with E-state index >= 15 is 0 Å². The summed E-state index contributed by atoms with van der Waals surface area (Å²) < 4.78 is 13.0. The van der Waals surface area contributed by atoms with Crippen molar-refractivity contribution in [2.24, 2.45) is 7.05 Å². The summed E-state index contributed by atoms with van der Waals surface area (Å²) in [5.41, 5.74) is 1.76. The number of aryl methyl sites for hydroxylation is 2. The molecule has 5 nitrogen and oxygen atoms in total. The number of nitrogens with zero attached hydrogens (tertiary/aromatic N) is 3. The Morgan fingerprint density at radius 1 is 1.29 bits per heavy atom. The Balaban J connectivity index is 1.76. The molecule has 2 aromatic heterocycles. The van der Waals surface area contributed by atoms with Gasteiger partial charge in [0, 0.05) is 17.6 Å². The molecule has 0 aliphatic rings. The minimum absolute atomic E-state index is 0.264. The fraction of sp³-hybridized carbons (Fsp3) is 0.200. The van der Waals surface area contributed by atoms with Gasteiger partial charge in [0.2, 0.25) is 5.89 Å². The van der Waals surface area contributed by atoms with Crippen molar-refractivity contribution in [3.05, 3.63) is 53.3 Å². The predicted molar refractivity (Wildman–Crippen MR) is 79.2 cm³/mol. The van der Waals surface area contributed by atoms with Gasteiger partial charge < -0.3 is 9.15 Å². The van der Waals surface area contributed by atoms with E-state index in [1.807, 2.05) is 38.2 Å². The number of benzene rings is 1. The summed E-state index contributed by atoms with van der Waals surface area (Å²) >= 11 is 5.89. The fourth-order valence-corrected chi connectivity index (χ4v) is 2.13. The van der Waals surface area contributed by atoms with Crippen LogP contribution < -0.4 is 4.74 Å². The monoisotopic (exact) mass is 303 g/mol. The molecule has 0 aliphatic carbocycles. The molecule has 0 unspecified atom stereocenters. The van der Waals surface area contributed by atoms with Crippen LogP contribution in [0.4, 0.5) is 0 Å². The van der Waals surface area contributed by atoms with Crippen LogP contribution in [0.25, 0.3) is 11.3 Å². The summed E-state index contributed by atoms with van der Waals surface area (Å²) in [7, 11) is 1.83. The molecule has 0 aliphatic heterocycles. The van der Waals surface area contributed by atoms with Gasteiger partial charge >= 0.3 is 0 Å². The van der Waals surface area contributed by atoms with Crippen molar-refractivity contribution in [3.63, 3.8) is 0 Å². The van der Waals surface area contributed by atoms with E-state index in [4.69, 9.17) is 20.8 Å². The molecule has 0 amide bonds. The van der Waals surface area contributed by atoms with E-state index in [1.54, 1.807) is 17.1 Å². The molecule has 0 fully saturated rings. The Morgan fingerprint density at radius 2 is 2.05 bits per heavy atom. The maximum Gasteiger partial charge on any atom is 0.233 e. The lowest BCUT2D eigenvalue weighted by Gasteiger charge is -1.99. The van der Waals surface area contributed by atoms with Gasteiger partial charge in [0.1, 0.15) is 0 Å². The summed E-state index contributed by atoms with van der Waals surface area (Å²) in [6, 6.07) is 7.46. The molecule has 0 spiro atoms. The maximum absolute atomic E-state index is 5.89. The van der Waals surface area contributed by atoms with Gasteiger partial charge in [0.15, 0.2) is 18.1 Å². The summed E-state index contributed by atoms with van der Waals surface area (Å²) in [6.45, 7) is 2.17. The summed E-state index contributed by atoms with van der Waals surface area (Å²) in [5.74, 6) is 1.94. The molecule has 6 heteroatoms. The van der Waals surface area contributed by atoms with E-state index in [-0.39, 0.29) is 6.61 Å². The first-order chi connectivity index (χ1) is 10.1. The number of ether oxygens (including phenoxy) is 1. The van der Waals surface area contributed by atoms with E-state index in [0.717, 1.165) is 17.0 Å². The minimum Gasteiger partial charge on any atom is -0.481 e. The lowest BCUT2D eigenvalue weighted by molar-refractivity contribution is 0.264. The smallest absolute Gasteiger partial charge is 0.233 e. The second-order valence-electron chi connectivity index (χ2n) is 4.67. The van der Waals surface area contributed by atoms with Crippen LogP contribution in [0.3, 0.4) is 0 Å². The highest BCUT2D eigenvalue weighted by Crippen LogP contribution is 2.26. The Labute approximate surface area is 127 Å². The van der Waals surface area contributed by atoms with E-state index in [2.05, 4.69) is 10.1 Å². The zero-order valence-electron chi connectivity index (χ0n) is 11.7. The average Bonchev–Trinajstić information content (AvgIpc) is 3.04. The molecule has 21 heavy (non-hydrogen) atoms. The van der Waals surface area contributed by atoms with Gasteiger partial charge in [-0.25, -0.2) is 4.98 Å². The number of aromatic nitrogens is 3.